The molecule has 0 fully saturated rings. The Bertz CT molecular complexity index is 350. The summed E-state index contributed by atoms with van der Waals surface area (Å²) in [5.41, 5.74) is 2.90. The minimum Gasteiger partial charge on any atom is -0.481 e. The number of unbranched alkanes of at least 4 members (excludes halogenated alkanes) is 1. The minimum atomic E-state index is -0.704. The number of hydrogen-bond acceptors (Lipinski definition) is 1. The summed E-state index contributed by atoms with van der Waals surface area (Å²) in [6.07, 6.45) is 13.2. The van der Waals surface area contributed by atoms with Gasteiger partial charge in [0.1, 0.15) is 0 Å². The molecule has 0 aromatic heterocycles. The van der Waals surface area contributed by atoms with Gasteiger partial charge in [0.2, 0.25) is 0 Å². The third kappa shape index (κ3) is 10.6. The highest BCUT2D eigenvalue weighted by Gasteiger charge is 2.11. The Balaban J connectivity index is 0.000000361. The van der Waals surface area contributed by atoms with E-state index < -0.39 is 5.97 Å². The molecule has 20 heavy (non-hydrogen) atoms. The number of carbonyl (C=O) groups is 1. The van der Waals surface area contributed by atoms with Crippen molar-refractivity contribution in [3.05, 3.63) is 36.0 Å². The summed E-state index contributed by atoms with van der Waals surface area (Å²) >= 11 is 0. The van der Waals surface area contributed by atoms with Crippen molar-refractivity contribution in [1.82, 2.24) is 0 Å². The first-order valence-electron chi connectivity index (χ1n) is 7.65. The van der Waals surface area contributed by atoms with Gasteiger partial charge in [-0.1, -0.05) is 42.9 Å². The molecular weight excluding hydrogens is 248 g/mol. The molecule has 0 heterocycles. The fourth-order valence-electron chi connectivity index (χ4n) is 2.07. The third-order valence-electron chi connectivity index (χ3n) is 3.50. The summed E-state index contributed by atoms with van der Waals surface area (Å²) < 4.78 is 0. The molecule has 0 aromatic rings. The van der Waals surface area contributed by atoms with E-state index in [-0.39, 0.29) is 6.42 Å². The van der Waals surface area contributed by atoms with E-state index in [1.165, 1.54) is 24.8 Å². The van der Waals surface area contributed by atoms with E-state index in [0.717, 1.165) is 25.2 Å². The summed E-state index contributed by atoms with van der Waals surface area (Å²) in [7, 11) is 0. The van der Waals surface area contributed by atoms with E-state index in [2.05, 4.69) is 39.5 Å². The molecule has 1 unspecified atom stereocenters. The SMILES string of the molecule is C=C(C)C1CC=C(C)CC1.CCC=CCCCC(=O)O. The molecule has 0 amide bonds. The van der Waals surface area contributed by atoms with Gasteiger partial charge < -0.3 is 5.11 Å². The lowest BCUT2D eigenvalue weighted by molar-refractivity contribution is -0.137. The number of allylic oxidation sites excluding steroid dienone is 5. The Kier molecular flexibility index (Phi) is 10.8. The molecule has 0 radical (unpaired) electrons. The lowest BCUT2D eigenvalue weighted by atomic mass is 9.86. The van der Waals surface area contributed by atoms with E-state index in [1.54, 1.807) is 5.57 Å². The quantitative estimate of drug-likeness (QED) is 0.513. The maximum Gasteiger partial charge on any atom is 0.303 e. The van der Waals surface area contributed by atoms with Gasteiger partial charge in [-0.3, -0.25) is 4.79 Å². The Morgan fingerprint density at radius 2 is 2.20 bits per heavy atom. The van der Waals surface area contributed by atoms with Crippen LogP contribution in [0, 0.1) is 5.92 Å². The van der Waals surface area contributed by atoms with Crippen LogP contribution in [0.1, 0.15) is 65.7 Å². The van der Waals surface area contributed by atoms with Crippen molar-refractivity contribution in [2.24, 2.45) is 5.92 Å². The zero-order valence-corrected chi connectivity index (χ0v) is 13.3. The lowest BCUT2D eigenvalue weighted by Crippen LogP contribution is -2.04. The molecule has 0 aliphatic heterocycles. The maximum absolute atomic E-state index is 10.0. The summed E-state index contributed by atoms with van der Waals surface area (Å²) in [5, 5.41) is 8.25. The minimum absolute atomic E-state index is 0.286. The van der Waals surface area contributed by atoms with Crippen molar-refractivity contribution in [3.8, 4) is 0 Å². The van der Waals surface area contributed by atoms with E-state index >= 15 is 0 Å². The molecule has 1 atom stereocenters. The molecule has 1 N–H and O–H groups in total. The molecule has 0 saturated carbocycles. The van der Waals surface area contributed by atoms with Crippen LogP contribution in [0.2, 0.25) is 0 Å². The molecule has 114 valence electrons. The van der Waals surface area contributed by atoms with Gasteiger partial charge in [0.15, 0.2) is 0 Å². The Morgan fingerprint density at radius 3 is 2.65 bits per heavy atom. The molecule has 1 aliphatic rings. The van der Waals surface area contributed by atoms with Crippen LogP contribution in [-0.4, -0.2) is 11.1 Å². The van der Waals surface area contributed by atoms with Crippen LogP contribution >= 0.6 is 0 Å². The van der Waals surface area contributed by atoms with Crippen LogP contribution in [-0.2, 0) is 4.79 Å². The zero-order valence-electron chi connectivity index (χ0n) is 13.3. The van der Waals surface area contributed by atoms with Gasteiger partial charge in [-0.15, -0.1) is 0 Å². The van der Waals surface area contributed by atoms with Gasteiger partial charge in [-0.2, -0.15) is 0 Å². The van der Waals surface area contributed by atoms with Gasteiger partial charge in [-0.05, 0) is 58.3 Å². The molecule has 0 spiro atoms. The molecule has 1 aliphatic carbocycles. The summed E-state index contributed by atoms with van der Waals surface area (Å²) in [6.45, 7) is 10.4. The molecule has 0 bridgehead atoms. The summed E-state index contributed by atoms with van der Waals surface area (Å²) in [5.74, 6) is 0.0635. The van der Waals surface area contributed by atoms with E-state index in [1.807, 2.05) is 6.08 Å². The van der Waals surface area contributed by atoms with E-state index in [9.17, 15) is 4.79 Å². The van der Waals surface area contributed by atoms with Crippen molar-refractivity contribution in [2.45, 2.75) is 65.7 Å². The van der Waals surface area contributed by atoms with Gasteiger partial charge in [-0.25, -0.2) is 0 Å². The standard InChI is InChI=1S/C10H16.C8H14O2/c1-8(2)10-6-4-9(3)5-7-10;1-2-3-4-5-6-7-8(9)10/h4,10H,1,5-7H2,2-3H3;3-4H,2,5-7H2,1H3,(H,9,10). The van der Waals surface area contributed by atoms with Crippen LogP contribution in [0.5, 0.6) is 0 Å². The van der Waals surface area contributed by atoms with E-state index in [0.29, 0.717) is 0 Å². The highest BCUT2D eigenvalue weighted by molar-refractivity contribution is 5.66. The third-order valence-corrected chi connectivity index (χ3v) is 3.50. The highest BCUT2D eigenvalue weighted by atomic mass is 16.4. The van der Waals surface area contributed by atoms with Gasteiger partial charge in [0.05, 0.1) is 0 Å². The topological polar surface area (TPSA) is 37.3 Å². The zero-order chi connectivity index (χ0) is 15.4. The monoisotopic (exact) mass is 278 g/mol. The first-order chi connectivity index (χ1) is 9.47. The lowest BCUT2D eigenvalue weighted by Gasteiger charge is -2.19. The molecular formula is C18H30O2. The van der Waals surface area contributed by atoms with Crippen LogP contribution in [0.3, 0.4) is 0 Å². The van der Waals surface area contributed by atoms with E-state index in [4.69, 9.17) is 5.11 Å². The normalized spacial score (nSPS) is 18.1. The van der Waals surface area contributed by atoms with Crippen molar-refractivity contribution >= 4 is 5.97 Å². The smallest absolute Gasteiger partial charge is 0.303 e. The Morgan fingerprint density at radius 1 is 1.50 bits per heavy atom. The number of carboxylic acid groups (broad SMARTS) is 1. The average molecular weight is 278 g/mol. The van der Waals surface area contributed by atoms with Crippen molar-refractivity contribution in [3.63, 3.8) is 0 Å². The molecule has 2 nitrogen and oxygen atoms in total. The number of aliphatic carboxylic acids is 1. The van der Waals surface area contributed by atoms with Gasteiger partial charge >= 0.3 is 5.97 Å². The first-order valence-corrected chi connectivity index (χ1v) is 7.65. The van der Waals surface area contributed by atoms with Crippen molar-refractivity contribution < 1.29 is 9.90 Å². The van der Waals surface area contributed by atoms with Gasteiger partial charge in [0, 0.05) is 6.42 Å². The number of rotatable bonds is 6. The average Bonchev–Trinajstić information content (AvgIpc) is 2.39. The second kappa shape index (κ2) is 11.5. The van der Waals surface area contributed by atoms with Crippen molar-refractivity contribution in [1.29, 1.82) is 0 Å². The fourth-order valence-corrected chi connectivity index (χ4v) is 2.07. The molecule has 1 rings (SSSR count). The summed E-state index contributed by atoms with van der Waals surface area (Å²) in [6, 6.07) is 0. The Hall–Kier alpha value is -1.31. The first kappa shape index (κ1) is 18.7. The second-order valence-corrected chi connectivity index (χ2v) is 5.53. The molecule has 0 aromatic carbocycles. The van der Waals surface area contributed by atoms with Crippen LogP contribution in [0.15, 0.2) is 36.0 Å². The molecule has 2 heteroatoms. The van der Waals surface area contributed by atoms with Crippen LogP contribution < -0.4 is 0 Å². The number of hydrogen-bond donors (Lipinski definition) is 1. The predicted octanol–water partition coefficient (Wildman–Crippen LogP) is 5.52. The second-order valence-electron chi connectivity index (χ2n) is 5.53. The highest BCUT2D eigenvalue weighted by Crippen LogP contribution is 2.27. The molecule has 0 saturated heterocycles. The maximum atomic E-state index is 10.0. The van der Waals surface area contributed by atoms with Crippen molar-refractivity contribution in [2.75, 3.05) is 0 Å². The Labute approximate surface area is 124 Å². The number of carboxylic acids is 1. The van der Waals surface area contributed by atoms with Gasteiger partial charge in [0.25, 0.3) is 0 Å². The fraction of sp³-hybridized carbons (Fsp3) is 0.611. The van der Waals surface area contributed by atoms with Crippen LogP contribution in [0.25, 0.3) is 0 Å². The summed E-state index contributed by atoms with van der Waals surface area (Å²) in [4.78, 5) is 10.0. The largest absolute Gasteiger partial charge is 0.481 e. The predicted molar refractivity (Wildman–Crippen MR) is 86.8 cm³/mol. The van der Waals surface area contributed by atoms with Crippen LogP contribution in [0.4, 0.5) is 0 Å².